The fourth-order valence-corrected chi connectivity index (χ4v) is 4.75. The second kappa shape index (κ2) is 6.30. The Labute approximate surface area is 155 Å². The van der Waals surface area contributed by atoms with Crippen molar-refractivity contribution in [2.45, 2.75) is 31.7 Å². The van der Waals surface area contributed by atoms with Crippen molar-refractivity contribution in [1.29, 1.82) is 0 Å². The minimum absolute atomic E-state index is 0.172. The molecule has 1 saturated heterocycles. The Morgan fingerprint density at radius 2 is 2.23 bits per heavy atom. The van der Waals surface area contributed by atoms with E-state index < -0.39 is 0 Å². The zero-order valence-electron chi connectivity index (χ0n) is 14.4. The Morgan fingerprint density at radius 3 is 3.08 bits per heavy atom. The summed E-state index contributed by atoms with van der Waals surface area (Å²) < 4.78 is 22.0. The van der Waals surface area contributed by atoms with Crippen LogP contribution in [-0.4, -0.2) is 33.1 Å². The number of aromatic nitrogens is 2. The van der Waals surface area contributed by atoms with Crippen LogP contribution in [0.5, 0.6) is 0 Å². The van der Waals surface area contributed by atoms with Gasteiger partial charge in [-0.3, -0.25) is 4.90 Å². The van der Waals surface area contributed by atoms with Gasteiger partial charge in [0.2, 0.25) is 0 Å². The van der Waals surface area contributed by atoms with Gasteiger partial charge in [0.05, 0.1) is 18.4 Å². The molecule has 3 aromatic rings. The molecule has 0 amide bonds. The fraction of sp³-hybridized carbons (Fsp3) is 0.350. The highest BCUT2D eigenvalue weighted by molar-refractivity contribution is 7.08. The molecule has 26 heavy (non-hydrogen) atoms. The molecule has 1 spiro atoms. The van der Waals surface area contributed by atoms with Crippen molar-refractivity contribution in [3.8, 4) is 11.3 Å². The van der Waals surface area contributed by atoms with Crippen LogP contribution in [0.25, 0.3) is 11.3 Å². The summed E-state index contributed by atoms with van der Waals surface area (Å²) in [5.74, 6) is 0.828. The van der Waals surface area contributed by atoms with Crippen LogP contribution in [-0.2, 0) is 24.4 Å². The topological polar surface area (TPSA) is 30.3 Å². The van der Waals surface area contributed by atoms with Crippen LogP contribution in [0.3, 0.4) is 0 Å². The number of hydrogen-bond acceptors (Lipinski definition) is 4. The van der Waals surface area contributed by atoms with E-state index in [1.807, 2.05) is 12.3 Å². The summed E-state index contributed by atoms with van der Waals surface area (Å²) >= 11 is 1.70. The van der Waals surface area contributed by atoms with Crippen LogP contribution in [0.15, 0.2) is 47.3 Å². The van der Waals surface area contributed by atoms with E-state index >= 15 is 0 Å². The van der Waals surface area contributed by atoms with E-state index in [2.05, 4.69) is 31.3 Å². The highest BCUT2D eigenvalue weighted by Gasteiger charge is 2.43. The quantitative estimate of drug-likeness (QED) is 0.701. The van der Waals surface area contributed by atoms with Crippen LogP contribution in [0, 0.1) is 5.82 Å². The van der Waals surface area contributed by atoms with Crippen LogP contribution >= 0.6 is 11.3 Å². The molecule has 2 aromatic heterocycles. The number of halogens is 1. The molecule has 0 radical (unpaired) electrons. The molecule has 2 aliphatic rings. The van der Waals surface area contributed by atoms with Gasteiger partial charge in [-0.15, -0.1) is 0 Å². The molecule has 0 bridgehead atoms. The Kier molecular flexibility index (Phi) is 3.92. The lowest BCUT2D eigenvalue weighted by Gasteiger charge is -2.35. The van der Waals surface area contributed by atoms with Crippen LogP contribution in [0.1, 0.15) is 17.8 Å². The zero-order chi connectivity index (χ0) is 17.6. The molecule has 134 valence electrons. The van der Waals surface area contributed by atoms with E-state index in [0.717, 1.165) is 44.0 Å². The lowest BCUT2D eigenvalue weighted by molar-refractivity contribution is -0.0821. The van der Waals surface area contributed by atoms with Gasteiger partial charge in [-0.2, -0.15) is 11.3 Å². The van der Waals surface area contributed by atoms with Crippen molar-refractivity contribution in [1.82, 2.24) is 14.5 Å². The first-order valence-corrected chi connectivity index (χ1v) is 9.83. The highest BCUT2D eigenvalue weighted by atomic mass is 32.1. The normalized spacial score (nSPS) is 22.8. The predicted molar refractivity (Wildman–Crippen MR) is 99.4 cm³/mol. The molecule has 4 nitrogen and oxygen atoms in total. The maximum absolute atomic E-state index is 13.4. The van der Waals surface area contributed by atoms with Gasteiger partial charge < -0.3 is 9.30 Å². The monoisotopic (exact) mass is 369 g/mol. The third-order valence-electron chi connectivity index (χ3n) is 5.40. The van der Waals surface area contributed by atoms with Gasteiger partial charge >= 0.3 is 0 Å². The zero-order valence-corrected chi connectivity index (χ0v) is 15.2. The van der Waals surface area contributed by atoms with Crippen molar-refractivity contribution >= 4 is 11.3 Å². The fourth-order valence-electron chi connectivity index (χ4n) is 4.10. The molecular weight excluding hydrogens is 349 g/mol. The van der Waals surface area contributed by atoms with Gasteiger partial charge in [-0.25, -0.2) is 9.37 Å². The maximum atomic E-state index is 13.4. The first-order chi connectivity index (χ1) is 12.7. The molecule has 4 heterocycles. The summed E-state index contributed by atoms with van der Waals surface area (Å²) in [5, 5.41) is 4.26. The molecule has 0 aliphatic carbocycles. The summed E-state index contributed by atoms with van der Waals surface area (Å²) in [6, 6.07) is 9.01. The van der Waals surface area contributed by atoms with Crippen molar-refractivity contribution in [2.75, 3.05) is 13.1 Å². The minimum Gasteiger partial charge on any atom is -0.364 e. The second-order valence-electron chi connectivity index (χ2n) is 7.22. The summed E-state index contributed by atoms with van der Waals surface area (Å²) in [6.07, 6.45) is 2.95. The summed E-state index contributed by atoms with van der Waals surface area (Å²) in [5.41, 5.74) is 3.24. The lowest BCUT2D eigenvalue weighted by atomic mass is 10.0. The number of benzene rings is 1. The summed E-state index contributed by atoms with van der Waals surface area (Å²) in [4.78, 5) is 6.91. The number of ether oxygens (including phenoxy) is 1. The van der Waals surface area contributed by atoms with Crippen molar-refractivity contribution in [3.63, 3.8) is 0 Å². The minimum atomic E-state index is -0.175. The van der Waals surface area contributed by atoms with E-state index in [1.54, 1.807) is 23.5 Å². The van der Waals surface area contributed by atoms with Gasteiger partial charge in [-0.05, 0) is 35.6 Å². The molecule has 1 atom stereocenters. The number of rotatable bonds is 3. The predicted octanol–water partition coefficient (Wildman–Crippen LogP) is 3.93. The molecule has 6 heteroatoms. The molecule has 1 fully saturated rings. The van der Waals surface area contributed by atoms with E-state index in [0.29, 0.717) is 6.61 Å². The van der Waals surface area contributed by atoms with Gasteiger partial charge in [0, 0.05) is 30.6 Å². The van der Waals surface area contributed by atoms with E-state index in [-0.39, 0.29) is 11.4 Å². The number of nitrogens with zero attached hydrogens (tertiary/aromatic N) is 3. The largest absolute Gasteiger partial charge is 0.364 e. The van der Waals surface area contributed by atoms with Gasteiger partial charge in [0.15, 0.2) is 0 Å². The van der Waals surface area contributed by atoms with Gasteiger partial charge in [0.1, 0.15) is 23.8 Å². The molecule has 2 aliphatic heterocycles. The smallest absolute Gasteiger partial charge is 0.135 e. The first kappa shape index (κ1) is 16.2. The summed E-state index contributed by atoms with van der Waals surface area (Å²) in [6.45, 7) is 3.97. The summed E-state index contributed by atoms with van der Waals surface area (Å²) in [7, 11) is 0. The lowest BCUT2D eigenvalue weighted by Crippen LogP contribution is -2.44. The van der Waals surface area contributed by atoms with Crippen molar-refractivity contribution < 1.29 is 9.13 Å². The molecule has 0 unspecified atom stereocenters. The first-order valence-electron chi connectivity index (χ1n) is 8.89. The molecular formula is C20H20FN3OS. The molecule has 5 rings (SSSR count). The number of imidazole rings is 1. The molecule has 0 N–H and O–H groups in total. The Bertz CT molecular complexity index is 923. The highest BCUT2D eigenvalue weighted by Crippen LogP contribution is 2.36. The second-order valence-corrected chi connectivity index (χ2v) is 8.00. The van der Waals surface area contributed by atoms with E-state index in [9.17, 15) is 4.39 Å². The average Bonchev–Trinajstić information content (AvgIpc) is 3.35. The van der Waals surface area contributed by atoms with Crippen LogP contribution in [0.2, 0.25) is 0 Å². The van der Waals surface area contributed by atoms with Crippen molar-refractivity contribution in [2.24, 2.45) is 0 Å². The standard InChI is InChI=1S/C20H20FN3OS/c21-17-3-1-2-15(8-17)10-23-6-5-20(13-23)14-24-18(16-4-7-26-12-16)9-22-19(24)11-25-20/h1-4,7-9,12H,5-6,10-11,13-14H2/t20-/m1/s1. The Morgan fingerprint density at radius 1 is 1.27 bits per heavy atom. The number of fused-ring (bicyclic) bond motifs is 1. The third-order valence-corrected chi connectivity index (χ3v) is 6.08. The molecule has 1 aromatic carbocycles. The van der Waals surface area contributed by atoms with E-state index in [1.165, 1.54) is 17.3 Å². The van der Waals surface area contributed by atoms with Crippen LogP contribution < -0.4 is 0 Å². The Hall–Kier alpha value is -2.02. The number of thiophene rings is 1. The third kappa shape index (κ3) is 2.88. The van der Waals surface area contributed by atoms with Crippen LogP contribution in [0.4, 0.5) is 4.39 Å². The maximum Gasteiger partial charge on any atom is 0.135 e. The molecule has 0 saturated carbocycles. The van der Waals surface area contributed by atoms with Crippen molar-refractivity contribution in [3.05, 3.63) is 64.5 Å². The number of likely N-dealkylation sites (tertiary alicyclic amines) is 1. The van der Waals surface area contributed by atoms with E-state index in [4.69, 9.17) is 4.74 Å². The number of hydrogen-bond donors (Lipinski definition) is 0. The SMILES string of the molecule is Fc1cccc(CN2CC[C@@]3(C2)Cn2c(-c4ccsc4)cnc2CO3)c1. The van der Waals surface area contributed by atoms with Gasteiger partial charge in [-0.1, -0.05) is 12.1 Å². The Balaban J connectivity index is 1.35. The average molecular weight is 369 g/mol. The van der Waals surface area contributed by atoms with Gasteiger partial charge in [0.25, 0.3) is 0 Å².